The Morgan fingerprint density at radius 2 is 2.13 bits per heavy atom. The smallest absolute Gasteiger partial charge is 0.176 e. The van der Waals surface area contributed by atoms with Crippen molar-refractivity contribution in [2.45, 2.75) is 18.3 Å². The summed E-state index contributed by atoms with van der Waals surface area (Å²) in [5.74, 6) is 0.218. The van der Waals surface area contributed by atoms with Crippen molar-refractivity contribution < 1.29 is 4.79 Å². The van der Waals surface area contributed by atoms with Crippen LogP contribution in [0.1, 0.15) is 28.8 Å². The third-order valence-corrected chi connectivity index (χ3v) is 4.11. The van der Waals surface area contributed by atoms with E-state index in [9.17, 15) is 4.79 Å². The lowest BCUT2D eigenvalue weighted by Crippen LogP contribution is -2.26. The zero-order chi connectivity index (χ0) is 10.5. The van der Waals surface area contributed by atoms with E-state index in [4.69, 9.17) is 0 Å². The Morgan fingerprint density at radius 3 is 2.87 bits per heavy atom. The third kappa shape index (κ3) is 1.37. The summed E-state index contributed by atoms with van der Waals surface area (Å²) in [6.07, 6.45) is 2.39. The van der Waals surface area contributed by atoms with Crippen LogP contribution in [0.3, 0.4) is 0 Å². The summed E-state index contributed by atoms with van der Waals surface area (Å²) in [7, 11) is 0. The topological polar surface area (TPSA) is 29.1 Å². The highest BCUT2D eigenvalue weighted by Crippen LogP contribution is 2.51. The lowest BCUT2D eigenvalue weighted by Gasteiger charge is -2.16. The largest absolute Gasteiger partial charge is 0.309 e. The van der Waals surface area contributed by atoms with Crippen LogP contribution in [0.25, 0.3) is 0 Å². The van der Waals surface area contributed by atoms with E-state index in [0.29, 0.717) is 6.54 Å². The second-order valence-corrected chi connectivity index (χ2v) is 5.32. The first kappa shape index (κ1) is 9.55. The van der Waals surface area contributed by atoms with Gasteiger partial charge in [-0.3, -0.25) is 4.79 Å². The lowest BCUT2D eigenvalue weighted by atomic mass is 9.91. The molecule has 1 aliphatic carbocycles. The monoisotopic (exact) mass is 265 g/mol. The molecular formula is C12H12BrNO. The van der Waals surface area contributed by atoms with Gasteiger partial charge in [-0.1, -0.05) is 28.1 Å². The number of hydrogen-bond acceptors (Lipinski definition) is 2. The fourth-order valence-corrected chi connectivity index (χ4v) is 3.26. The normalized spacial score (nSPS) is 22.3. The van der Waals surface area contributed by atoms with Gasteiger partial charge in [0.1, 0.15) is 0 Å². The van der Waals surface area contributed by atoms with Gasteiger partial charge in [0.15, 0.2) is 5.78 Å². The third-order valence-electron chi connectivity index (χ3n) is 3.45. The number of benzene rings is 1. The summed E-state index contributed by atoms with van der Waals surface area (Å²) >= 11 is 3.58. The van der Waals surface area contributed by atoms with E-state index in [2.05, 4.69) is 21.2 Å². The maximum Gasteiger partial charge on any atom is 0.176 e. The van der Waals surface area contributed by atoms with Crippen LogP contribution >= 0.6 is 15.9 Å². The van der Waals surface area contributed by atoms with Gasteiger partial charge in [-0.05, 0) is 24.5 Å². The van der Waals surface area contributed by atoms with Gasteiger partial charge in [0.25, 0.3) is 0 Å². The van der Waals surface area contributed by atoms with Gasteiger partial charge in [0.2, 0.25) is 0 Å². The van der Waals surface area contributed by atoms with Crippen LogP contribution in [0.15, 0.2) is 22.7 Å². The molecule has 15 heavy (non-hydrogen) atoms. The van der Waals surface area contributed by atoms with E-state index >= 15 is 0 Å². The summed E-state index contributed by atoms with van der Waals surface area (Å²) in [6, 6.07) is 5.94. The molecule has 3 rings (SSSR count). The van der Waals surface area contributed by atoms with Crippen molar-refractivity contribution in [1.29, 1.82) is 0 Å². The Balaban J connectivity index is 2.24. The first-order valence-corrected chi connectivity index (χ1v) is 6.05. The quantitative estimate of drug-likeness (QED) is 0.780. The number of nitrogens with one attached hydrogen (secondary N) is 1. The van der Waals surface area contributed by atoms with Crippen molar-refractivity contribution in [3.8, 4) is 0 Å². The molecule has 1 heterocycles. The zero-order valence-electron chi connectivity index (χ0n) is 8.35. The number of hydrogen-bond donors (Lipinski definition) is 1. The van der Waals surface area contributed by atoms with Crippen LogP contribution in [0, 0.1) is 0 Å². The molecule has 3 heteroatoms. The lowest BCUT2D eigenvalue weighted by molar-refractivity contribution is 0.0994. The van der Waals surface area contributed by atoms with Crippen molar-refractivity contribution in [2.75, 3.05) is 13.1 Å². The van der Waals surface area contributed by atoms with Gasteiger partial charge >= 0.3 is 0 Å². The van der Waals surface area contributed by atoms with Crippen LogP contribution in [0.4, 0.5) is 0 Å². The van der Waals surface area contributed by atoms with Gasteiger partial charge in [0.05, 0.1) is 6.54 Å². The van der Waals surface area contributed by atoms with Gasteiger partial charge in [-0.25, -0.2) is 0 Å². The molecule has 78 valence electrons. The molecule has 1 aliphatic heterocycles. The highest BCUT2D eigenvalue weighted by molar-refractivity contribution is 9.10. The molecule has 1 spiro atoms. The van der Waals surface area contributed by atoms with Crippen LogP contribution in [0.2, 0.25) is 0 Å². The maximum absolute atomic E-state index is 11.9. The molecule has 1 aromatic rings. The Labute approximate surface area is 97.2 Å². The van der Waals surface area contributed by atoms with Crippen molar-refractivity contribution in [3.05, 3.63) is 33.8 Å². The fourth-order valence-electron chi connectivity index (χ4n) is 2.47. The number of Topliss-reactive ketones (excluding diaryl/α,β-unsaturated/α-hetero) is 1. The number of carbonyl (C=O) groups is 1. The average molecular weight is 266 g/mol. The maximum atomic E-state index is 11.9. The van der Waals surface area contributed by atoms with E-state index in [1.807, 2.05) is 18.2 Å². The van der Waals surface area contributed by atoms with Gasteiger partial charge in [-0.2, -0.15) is 0 Å². The summed E-state index contributed by atoms with van der Waals surface area (Å²) < 4.78 is 1.09. The highest BCUT2D eigenvalue weighted by atomic mass is 79.9. The second-order valence-electron chi connectivity index (χ2n) is 4.47. The Morgan fingerprint density at radius 1 is 1.33 bits per heavy atom. The minimum Gasteiger partial charge on any atom is -0.309 e. The summed E-state index contributed by atoms with van der Waals surface area (Å²) in [6.45, 7) is 1.42. The average Bonchev–Trinajstić information content (AvgIpc) is 2.99. The first-order chi connectivity index (χ1) is 7.23. The molecule has 1 N–H and O–H groups in total. The van der Waals surface area contributed by atoms with E-state index in [1.54, 1.807) is 0 Å². The highest BCUT2D eigenvalue weighted by Gasteiger charge is 2.48. The van der Waals surface area contributed by atoms with Crippen LogP contribution in [-0.4, -0.2) is 18.9 Å². The standard InChI is InChI=1S/C12H12BrNO/c13-9-3-1-2-8-10(15)6-14-7-12(4-5-12)11(8)9/h1-3,14H,4-7H2. The molecule has 1 saturated carbocycles. The molecule has 0 saturated heterocycles. The molecular weight excluding hydrogens is 254 g/mol. The van der Waals surface area contributed by atoms with Gasteiger partial charge in [-0.15, -0.1) is 0 Å². The van der Waals surface area contributed by atoms with E-state index in [-0.39, 0.29) is 11.2 Å². The summed E-state index contributed by atoms with van der Waals surface area (Å²) in [5, 5.41) is 3.25. The molecule has 0 amide bonds. The second kappa shape index (κ2) is 3.16. The molecule has 1 aromatic carbocycles. The number of rotatable bonds is 0. The molecule has 0 radical (unpaired) electrons. The Bertz CT molecular complexity index is 437. The number of ketones is 1. The zero-order valence-corrected chi connectivity index (χ0v) is 9.93. The molecule has 2 aliphatic rings. The Hall–Kier alpha value is -0.670. The Kier molecular flexibility index (Phi) is 2.01. The minimum absolute atomic E-state index is 0.218. The summed E-state index contributed by atoms with van der Waals surface area (Å²) in [5.41, 5.74) is 2.38. The van der Waals surface area contributed by atoms with Crippen LogP contribution in [-0.2, 0) is 5.41 Å². The van der Waals surface area contributed by atoms with E-state index in [1.165, 1.54) is 18.4 Å². The van der Waals surface area contributed by atoms with Crippen LogP contribution in [0.5, 0.6) is 0 Å². The molecule has 0 aromatic heterocycles. The molecule has 0 bridgehead atoms. The molecule has 0 atom stereocenters. The minimum atomic E-state index is 0.218. The van der Waals surface area contributed by atoms with Gasteiger partial charge in [0, 0.05) is 22.0 Å². The fraction of sp³-hybridized carbons (Fsp3) is 0.417. The SMILES string of the molecule is O=C1CNCC2(CC2)c2c(Br)cccc21. The predicted octanol–water partition coefficient (Wildman–Crippen LogP) is 2.27. The van der Waals surface area contributed by atoms with E-state index in [0.717, 1.165) is 16.6 Å². The summed E-state index contributed by atoms with van der Waals surface area (Å²) in [4.78, 5) is 11.9. The molecule has 1 fully saturated rings. The predicted molar refractivity (Wildman–Crippen MR) is 62.3 cm³/mol. The molecule has 0 unspecified atom stereocenters. The number of halogens is 1. The van der Waals surface area contributed by atoms with Crippen molar-refractivity contribution in [3.63, 3.8) is 0 Å². The van der Waals surface area contributed by atoms with E-state index < -0.39 is 0 Å². The van der Waals surface area contributed by atoms with Crippen molar-refractivity contribution in [1.82, 2.24) is 5.32 Å². The van der Waals surface area contributed by atoms with Gasteiger partial charge < -0.3 is 5.32 Å². The number of carbonyl (C=O) groups excluding carboxylic acids is 1. The van der Waals surface area contributed by atoms with Crippen LogP contribution < -0.4 is 5.32 Å². The number of fused-ring (bicyclic) bond motifs is 2. The molecule has 2 nitrogen and oxygen atoms in total. The van der Waals surface area contributed by atoms with Crippen molar-refractivity contribution in [2.24, 2.45) is 0 Å². The first-order valence-electron chi connectivity index (χ1n) is 5.26. The van der Waals surface area contributed by atoms with Crippen molar-refractivity contribution >= 4 is 21.7 Å².